The van der Waals surface area contributed by atoms with Crippen LogP contribution < -0.4 is 5.32 Å². The van der Waals surface area contributed by atoms with E-state index in [1.54, 1.807) is 31.2 Å². The zero-order chi connectivity index (χ0) is 19.2. The van der Waals surface area contributed by atoms with Gasteiger partial charge in [-0.2, -0.15) is 4.98 Å². The number of hydrogen-bond donors (Lipinski definition) is 1. The molecule has 138 valence electrons. The number of carbonyl (C=O) groups excluding carboxylic acids is 2. The average molecular weight is 407 g/mol. The molecule has 0 aliphatic carbocycles. The van der Waals surface area contributed by atoms with Gasteiger partial charge in [0.2, 0.25) is 11.7 Å². The zero-order valence-electron chi connectivity index (χ0n) is 13.9. The highest BCUT2D eigenvalue weighted by atomic mass is 35.5. The normalized spacial score (nSPS) is 19.6. The molecule has 1 aliphatic rings. The van der Waals surface area contributed by atoms with Crippen molar-refractivity contribution in [3.63, 3.8) is 0 Å². The molecule has 3 aromatic rings. The molecule has 3 amide bonds. The van der Waals surface area contributed by atoms with Crippen LogP contribution in [-0.4, -0.2) is 27.0 Å². The van der Waals surface area contributed by atoms with Crippen molar-refractivity contribution in [1.82, 2.24) is 20.4 Å². The van der Waals surface area contributed by atoms with Gasteiger partial charge in [-0.1, -0.05) is 34.4 Å². The standard InChI is InChI=1S/C17H12Cl2N4O4/c1-17(10-5-4-9(18)7-11(10)19)15(24)23(16(25)21-17)8-13-20-14(22-27-13)12-3-2-6-26-12/h2-7H,8H2,1H3,(H,21,25). The van der Waals surface area contributed by atoms with Gasteiger partial charge in [0.15, 0.2) is 5.76 Å². The van der Waals surface area contributed by atoms with Crippen molar-refractivity contribution in [2.45, 2.75) is 19.0 Å². The molecule has 1 N–H and O–H groups in total. The largest absolute Gasteiger partial charge is 0.461 e. The third kappa shape index (κ3) is 2.96. The van der Waals surface area contributed by atoms with E-state index in [0.717, 1.165) is 4.90 Å². The van der Waals surface area contributed by atoms with E-state index in [0.29, 0.717) is 16.3 Å². The summed E-state index contributed by atoms with van der Waals surface area (Å²) in [5.41, 5.74) is -0.890. The maximum Gasteiger partial charge on any atom is 0.325 e. The predicted molar refractivity (Wildman–Crippen MR) is 94.9 cm³/mol. The molecule has 8 nitrogen and oxygen atoms in total. The predicted octanol–water partition coefficient (Wildman–Crippen LogP) is 3.60. The van der Waals surface area contributed by atoms with Crippen molar-refractivity contribution in [2.24, 2.45) is 0 Å². The summed E-state index contributed by atoms with van der Waals surface area (Å²) in [5, 5.41) is 7.15. The number of halogens is 2. The third-order valence-electron chi connectivity index (χ3n) is 4.25. The Labute approximate surface area is 163 Å². The van der Waals surface area contributed by atoms with Gasteiger partial charge in [-0.05, 0) is 31.2 Å². The summed E-state index contributed by atoms with van der Waals surface area (Å²) < 4.78 is 10.3. The number of hydrogen-bond acceptors (Lipinski definition) is 6. The Morgan fingerprint density at radius 3 is 2.78 bits per heavy atom. The molecule has 10 heteroatoms. The number of nitrogens with zero attached hydrogens (tertiary/aromatic N) is 3. The van der Waals surface area contributed by atoms with Crippen molar-refractivity contribution in [2.75, 3.05) is 0 Å². The van der Waals surface area contributed by atoms with Crippen molar-refractivity contribution in [3.8, 4) is 11.6 Å². The average Bonchev–Trinajstić information content (AvgIpc) is 3.33. The Bertz CT molecular complexity index is 1030. The smallest absolute Gasteiger partial charge is 0.325 e. The molecular formula is C17H12Cl2N4O4. The summed E-state index contributed by atoms with van der Waals surface area (Å²) in [4.78, 5) is 30.5. The fraction of sp³-hybridized carbons (Fsp3) is 0.176. The first-order chi connectivity index (χ1) is 12.9. The molecule has 1 aromatic carbocycles. The minimum atomic E-state index is -1.33. The van der Waals surface area contributed by atoms with E-state index in [1.807, 2.05) is 0 Å². The SMILES string of the molecule is CC1(c2ccc(Cl)cc2Cl)NC(=O)N(Cc2nc(-c3ccco3)no2)C1=O. The van der Waals surface area contributed by atoms with Crippen LogP contribution in [0, 0.1) is 0 Å². The fourth-order valence-corrected chi connectivity index (χ4v) is 3.48. The van der Waals surface area contributed by atoms with E-state index in [9.17, 15) is 9.59 Å². The highest BCUT2D eigenvalue weighted by molar-refractivity contribution is 6.35. The van der Waals surface area contributed by atoms with Crippen LogP contribution in [0.4, 0.5) is 4.79 Å². The van der Waals surface area contributed by atoms with Gasteiger partial charge in [-0.3, -0.25) is 9.69 Å². The van der Waals surface area contributed by atoms with Crippen LogP contribution in [-0.2, 0) is 16.9 Å². The van der Waals surface area contributed by atoms with E-state index < -0.39 is 17.5 Å². The minimum Gasteiger partial charge on any atom is -0.461 e. The Balaban J connectivity index is 1.60. The van der Waals surface area contributed by atoms with Crippen molar-refractivity contribution < 1.29 is 18.5 Å². The second-order valence-electron chi connectivity index (χ2n) is 6.06. The van der Waals surface area contributed by atoms with Crippen LogP contribution in [0.2, 0.25) is 10.0 Å². The lowest BCUT2D eigenvalue weighted by Crippen LogP contribution is -2.41. The number of benzene rings is 1. The molecule has 1 unspecified atom stereocenters. The highest BCUT2D eigenvalue weighted by Crippen LogP contribution is 2.35. The number of urea groups is 1. The molecule has 1 aliphatic heterocycles. The first kappa shape index (κ1) is 17.6. The van der Waals surface area contributed by atoms with E-state index >= 15 is 0 Å². The van der Waals surface area contributed by atoms with Crippen LogP contribution in [0.5, 0.6) is 0 Å². The van der Waals surface area contributed by atoms with Crippen LogP contribution >= 0.6 is 23.2 Å². The van der Waals surface area contributed by atoms with Gasteiger partial charge in [0.1, 0.15) is 12.1 Å². The number of furan rings is 1. The van der Waals surface area contributed by atoms with Crippen LogP contribution in [0.3, 0.4) is 0 Å². The Morgan fingerprint density at radius 1 is 1.26 bits per heavy atom. The quantitative estimate of drug-likeness (QED) is 0.664. The van der Waals surface area contributed by atoms with Crippen molar-refractivity contribution >= 4 is 35.1 Å². The number of amides is 3. The van der Waals surface area contributed by atoms with E-state index in [4.69, 9.17) is 32.1 Å². The molecule has 1 atom stereocenters. The lowest BCUT2D eigenvalue weighted by atomic mass is 9.92. The summed E-state index contributed by atoms with van der Waals surface area (Å²) >= 11 is 12.1. The molecular weight excluding hydrogens is 395 g/mol. The number of rotatable bonds is 4. The third-order valence-corrected chi connectivity index (χ3v) is 4.80. The second-order valence-corrected chi connectivity index (χ2v) is 6.90. The van der Waals surface area contributed by atoms with Gasteiger partial charge in [-0.25, -0.2) is 4.79 Å². The van der Waals surface area contributed by atoms with Gasteiger partial charge >= 0.3 is 6.03 Å². The molecule has 1 saturated heterocycles. The van der Waals surface area contributed by atoms with Gasteiger partial charge in [0.25, 0.3) is 5.91 Å². The molecule has 2 aromatic heterocycles. The monoisotopic (exact) mass is 406 g/mol. The van der Waals surface area contributed by atoms with Crippen molar-refractivity contribution in [3.05, 3.63) is 58.1 Å². The molecule has 4 rings (SSSR count). The summed E-state index contributed by atoms with van der Waals surface area (Å²) in [6.07, 6.45) is 1.48. The number of nitrogens with one attached hydrogen (secondary N) is 1. The fourth-order valence-electron chi connectivity index (χ4n) is 2.88. The first-order valence-corrected chi connectivity index (χ1v) is 8.60. The van der Waals surface area contributed by atoms with E-state index in [-0.39, 0.29) is 23.3 Å². The number of aromatic nitrogens is 2. The van der Waals surface area contributed by atoms with E-state index in [2.05, 4.69) is 15.5 Å². The molecule has 1 fully saturated rings. The Hall–Kier alpha value is -2.84. The maximum atomic E-state index is 13.0. The number of carbonyl (C=O) groups is 2. The van der Waals surface area contributed by atoms with Crippen molar-refractivity contribution in [1.29, 1.82) is 0 Å². The minimum absolute atomic E-state index is 0.0938. The summed E-state index contributed by atoms with van der Waals surface area (Å²) in [6.45, 7) is 1.39. The van der Waals surface area contributed by atoms with Gasteiger partial charge < -0.3 is 14.3 Å². The number of imide groups is 1. The molecule has 3 heterocycles. The molecule has 0 saturated carbocycles. The zero-order valence-corrected chi connectivity index (χ0v) is 15.4. The van der Waals surface area contributed by atoms with Crippen LogP contribution in [0.1, 0.15) is 18.4 Å². The Morgan fingerprint density at radius 2 is 2.07 bits per heavy atom. The maximum absolute atomic E-state index is 13.0. The van der Waals surface area contributed by atoms with E-state index in [1.165, 1.54) is 12.3 Å². The van der Waals surface area contributed by atoms with Gasteiger partial charge in [0.05, 0.1) is 6.26 Å². The molecule has 27 heavy (non-hydrogen) atoms. The lowest BCUT2D eigenvalue weighted by molar-refractivity contribution is -0.131. The second kappa shape index (κ2) is 6.40. The molecule has 0 bridgehead atoms. The first-order valence-electron chi connectivity index (χ1n) is 7.84. The molecule has 0 radical (unpaired) electrons. The summed E-state index contributed by atoms with van der Waals surface area (Å²) in [5.74, 6) is 0.247. The van der Waals surface area contributed by atoms with Crippen LogP contribution in [0.15, 0.2) is 45.5 Å². The van der Waals surface area contributed by atoms with Gasteiger partial charge in [0, 0.05) is 15.6 Å². The highest BCUT2D eigenvalue weighted by Gasteiger charge is 2.50. The summed E-state index contributed by atoms with van der Waals surface area (Å²) in [6, 6.07) is 7.48. The molecule has 0 spiro atoms. The summed E-state index contributed by atoms with van der Waals surface area (Å²) in [7, 11) is 0. The Kier molecular flexibility index (Phi) is 4.16. The van der Waals surface area contributed by atoms with Gasteiger partial charge in [-0.15, -0.1) is 0 Å². The topological polar surface area (TPSA) is 101 Å². The lowest BCUT2D eigenvalue weighted by Gasteiger charge is -2.23. The van der Waals surface area contributed by atoms with Crippen LogP contribution in [0.25, 0.3) is 11.6 Å².